The molecule has 0 aliphatic carbocycles. The Kier molecular flexibility index (Phi) is 4.67. The van der Waals surface area contributed by atoms with Crippen LogP contribution >= 0.6 is 0 Å². The van der Waals surface area contributed by atoms with Gasteiger partial charge in [-0.2, -0.15) is 0 Å². The standard InChI is InChI=1S/C25H22N4O2/c1-16-22(24(30)27-18-10-4-3-5-11-18)23(17-9-8-12-19(15-17)31-2)29-21-14-7-6-13-20(21)28-25(29)26-16/h3-15,23H,1-2H3,(H,26,28)(H,27,30)/t23-/m0/s1. The minimum Gasteiger partial charge on any atom is -0.497 e. The molecule has 0 bridgehead atoms. The normalized spacial score (nSPS) is 15.4. The van der Waals surface area contributed by atoms with Crippen molar-refractivity contribution in [2.24, 2.45) is 0 Å². The summed E-state index contributed by atoms with van der Waals surface area (Å²) in [6.45, 7) is 1.91. The van der Waals surface area contributed by atoms with Crippen molar-refractivity contribution in [3.63, 3.8) is 0 Å². The maximum absolute atomic E-state index is 13.5. The molecule has 6 heteroatoms. The molecule has 2 N–H and O–H groups in total. The average Bonchev–Trinajstić information content (AvgIpc) is 3.16. The van der Waals surface area contributed by atoms with E-state index in [1.165, 1.54) is 0 Å². The zero-order valence-corrected chi connectivity index (χ0v) is 17.3. The predicted octanol–water partition coefficient (Wildman–Crippen LogP) is 4.97. The second-order valence-corrected chi connectivity index (χ2v) is 7.46. The number of hydrogen-bond acceptors (Lipinski definition) is 4. The van der Waals surface area contributed by atoms with Crippen LogP contribution in [0.15, 0.2) is 90.1 Å². The summed E-state index contributed by atoms with van der Waals surface area (Å²) in [6, 6.07) is 24.9. The number of nitrogens with zero attached hydrogens (tertiary/aromatic N) is 2. The third kappa shape index (κ3) is 3.32. The highest BCUT2D eigenvalue weighted by Crippen LogP contribution is 2.40. The number of ether oxygens (including phenoxy) is 1. The smallest absolute Gasteiger partial charge is 0.255 e. The van der Waals surface area contributed by atoms with Crippen LogP contribution in [-0.2, 0) is 4.79 Å². The van der Waals surface area contributed by atoms with Gasteiger partial charge in [-0.3, -0.25) is 9.36 Å². The highest BCUT2D eigenvalue weighted by atomic mass is 16.5. The van der Waals surface area contributed by atoms with E-state index in [0.29, 0.717) is 11.5 Å². The lowest BCUT2D eigenvalue weighted by atomic mass is 9.94. The molecule has 5 rings (SSSR count). The monoisotopic (exact) mass is 410 g/mol. The van der Waals surface area contributed by atoms with E-state index in [0.717, 1.165) is 33.7 Å². The number of hydrogen-bond donors (Lipinski definition) is 2. The number of anilines is 2. The van der Waals surface area contributed by atoms with Gasteiger partial charge in [-0.15, -0.1) is 0 Å². The number of aromatic nitrogens is 2. The molecular formula is C25H22N4O2. The fourth-order valence-electron chi connectivity index (χ4n) is 4.10. The van der Waals surface area contributed by atoms with Crippen molar-refractivity contribution in [3.05, 3.63) is 95.7 Å². The van der Waals surface area contributed by atoms with Crippen LogP contribution in [-0.4, -0.2) is 22.6 Å². The number of benzene rings is 3. The minimum atomic E-state index is -0.359. The van der Waals surface area contributed by atoms with Crippen molar-refractivity contribution in [2.45, 2.75) is 13.0 Å². The van der Waals surface area contributed by atoms with Gasteiger partial charge in [0.25, 0.3) is 5.91 Å². The van der Waals surface area contributed by atoms with Gasteiger partial charge in [-0.1, -0.05) is 42.5 Å². The third-order valence-corrected chi connectivity index (χ3v) is 5.52. The molecule has 154 valence electrons. The topological polar surface area (TPSA) is 68.2 Å². The van der Waals surface area contributed by atoms with Gasteiger partial charge in [0.2, 0.25) is 5.95 Å². The Hall–Kier alpha value is -4.06. The first-order valence-electron chi connectivity index (χ1n) is 10.1. The summed E-state index contributed by atoms with van der Waals surface area (Å²) in [6.07, 6.45) is 0. The summed E-state index contributed by atoms with van der Waals surface area (Å²) in [5.41, 5.74) is 4.92. The Bertz CT molecular complexity index is 1310. The summed E-state index contributed by atoms with van der Waals surface area (Å²) < 4.78 is 7.54. The SMILES string of the molecule is COc1cccc([C@H]2C(C(=O)Nc3ccccc3)=C(C)Nc3nc4ccccc4n32)c1. The van der Waals surface area contributed by atoms with Gasteiger partial charge in [0.1, 0.15) is 5.75 Å². The Labute approximate surface area is 180 Å². The summed E-state index contributed by atoms with van der Waals surface area (Å²) in [4.78, 5) is 18.3. The second kappa shape index (κ2) is 7.65. The minimum absolute atomic E-state index is 0.160. The average molecular weight is 410 g/mol. The molecular weight excluding hydrogens is 388 g/mol. The van der Waals surface area contributed by atoms with Crippen LogP contribution in [0.25, 0.3) is 11.0 Å². The fraction of sp³-hybridized carbons (Fsp3) is 0.120. The van der Waals surface area contributed by atoms with Gasteiger partial charge >= 0.3 is 0 Å². The fourth-order valence-corrected chi connectivity index (χ4v) is 4.10. The maximum atomic E-state index is 13.5. The Morgan fingerprint density at radius 3 is 2.61 bits per heavy atom. The molecule has 2 heterocycles. The molecule has 3 aromatic carbocycles. The maximum Gasteiger partial charge on any atom is 0.255 e. The second-order valence-electron chi connectivity index (χ2n) is 7.46. The van der Waals surface area contributed by atoms with Gasteiger partial charge in [0.05, 0.1) is 29.8 Å². The summed E-state index contributed by atoms with van der Waals surface area (Å²) >= 11 is 0. The Morgan fingerprint density at radius 1 is 1.03 bits per heavy atom. The van der Waals surface area contributed by atoms with E-state index in [1.807, 2.05) is 85.8 Å². The van der Waals surface area contributed by atoms with Crippen molar-refractivity contribution >= 4 is 28.6 Å². The molecule has 0 spiro atoms. The van der Waals surface area contributed by atoms with Crippen molar-refractivity contribution in [1.82, 2.24) is 9.55 Å². The first kappa shape index (κ1) is 18.9. The van der Waals surface area contributed by atoms with Crippen molar-refractivity contribution in [3.8, 4) is 5.75 Å². The number of allylic oxidation sites excluding steroid dienone is 1. The van der Waals surface area contributed by atoms with Gasteiger partial charge in [-0.05, 0) is 48.9 Å². The van der Waals surface area contributed by atoms with Gasteiger partial charge < -0.3 is 15.4 Å². The van der Waals surface area contributed by atoms with E-state index >= 15 is 0 Å². The van der Waals surface area contributed by atoms with Crippen molar-refractivity contribution in [2.75, 3.05) is 17.7 Å². The first-order chi connectivity index (χ1) is 15.2. The largest absolute Gasteiger partial charge is 0.497 e. The van der Waals surface area contributed by atoms with E-state index in [-0.39, 0.29) is 11.9 Å². The Balaban J connectivity index is 1.69. The number of imidazole rings is 1. The summed E-state index contributed by atoms with van der Waals surface area (Å²) in [5, 5.41) is 6.37. The Morgan fingerprint density at radius 2 is 1.81 bits per heavy atom. The van der Waals surface area contributed by atoms with Gasteiger partial charge in [0.15, 0.2) is 0 Å². The number of amides is 1. The molecule has 4 aromatic rings. The third-order valence-electron chi connectivity index (χ3n) is 5.52. The number of nitrogens with one attached hydrogen (secondary N) is 2. The van der Waals surface area contributed by atoms with E-state index in [9.17, 15) is 4.79 Å². The molecule has 0 saturated heterocycles. The van der Waals surface area contributed by atoms with Crippen LogP contribution in [0.3, 0.4) is 0 Å². The molecule has 0 unspecified atom stereocenters. The number of carbonyl (C=O) groups excluding carboxylic acids is 1. The van der Waals surface area contributed by atoms with Crippen LogP contribution in [0.4, 0.5) is 11.6 Å². The zero-order chi connectivity index (χ0) is 21.4. The van der Waals surface area contributed by atoms with Crippen LogP contribution in [0.1, 0.15) is 18.5 Å². The first-order valence-corrected chi connectivity index (χ1v) is 10.1. The number of carbonyl (C=O) groups is 1. The van der Waals surface area contributed by atoms with E-state index in [4.69, 9.17) is 9.72 Å². The lowest BCUT2D eigenvalue weighted by Crippen LogP contribution is -2.30. The molecule has 1 aliphatic rings. The lowest BCUT2D eigenvalue weighted by molar-refractivity contribution is -0.113. The molecule has 0 fully saturated rings. The van der Waals surface area contributed by atoms with Crippen LogP contribution < -0.4 is 15.4 Å². The van der Waals surface area contributed by atoms with Crippen LogP contribution in [0.5, 0.6) is 5.75 Å². The molecule has 0 saturated carbocycles. The van der Waals surface area contributed by atoms with Gasteiger partial charge in [-0.25, -0.2) is 4.98 Å². The lowest BCUT2D eigenvalue weighted by Gasteiger charge is -2.31. The highest BCUT2D eigenvalue weighted by molar-refractivity contribution is 6.06. The molecule has 1 amide bonds. The zero-order valence-electron chi connectivity index (χ0n) is 17.3. The van der Waals surface area contributed by atoms with E-state index < -0.39 is 0 Å². The number of para-hydroxylation sites is 3. The number of methoxy groups -OCH3 is 1. The molecule has 1 aromatic heterocycles. The van der Waals surface area contributed by atoms with Crippen molar-refractivity contribution < 1.29 is 9.53 Å². The summed E-state index contributed by atoms with van der Waals surface area (Å²) in [7, 11) is 1.64. The molecule has 6 nitrogen and oxygen atoms in total. The molecule has 1 atom stereocenters. The predicted molar refractivity (Wildman–Crippen MR) is 122 cm³/mol. The van der Waals surface area contributed by atoms with Gasteiger partial charge in [0, 0.05) is 11.4 Å². The van der Waals surface area contributed by atoms with E-state index in [2.05, 4.69) is 15.2 Å². The molecule has 0 radical (unpaired) electrons. The molecule has 31 heavy (non-hydrogen) atoms. The van der Waals surface area contributed by atoms with Crippen LogP contribution in [0, 0.1) is 0 Å². The van der Waals surface area contributed by atoms with E-state index in [1.54, 1.807) is 7.11 Å². The highest BCUT2D eigenvalue weighted by Gasteiger charge is 2.34. The summed E-state index contributed by atoms with van der Waals surface area (Å²) in [5.74, 6) is 1.29. The van der Waals surface area contributed by atoms with Crippen molar-refractivity contribution in [1.29, 1.82) is 0 Å². The van der Waals surface area contributed by atoms with Crippen LogP contribution in [0.2, 0.25) is 0 Å². The number of fused-ring (bicyclic) bond motifs is 3. The molecule has 1 aliphatic heterocycles. The number of rotatable bonds is 4. The quantitative estimate of drug-likeness (QED) is 0.498.